The van der Waals surface area contributed by atoms with Crippen molar-refractivity contribution in [3.05, 3.63) is 34.8 Å². The highest BCUT2D eigenvalue weighted by atomic mass is 19.3. The van der Waals surface area contributed by atoms with E-state index >= 15 is 0 Å². The number of ketones is 1. The van der Waals surface area contributed by atoms with Crippen molar-refractivity contribution >= 4 is 22.6 Å². The average Bonchev–Trinajstić information content (AvgIpc) is 2.90. The molecule has 0 bridgehead atoms. The van der Waals surface area contributed by atoms with Crippen LogP contribution >= 0.6 is 0 Å². The number of H-pyrrole nitrogens is 1. The van der Waals surface area contributed by atoms with Gasteiger partial charge in [-0.2, -0.15) is 0 Å². The summed E-state index contributed by atoms with van der Waals surface area (Å²) in [4.78, 5) is 26.2. The molecule has 1 aromatic heterocycles. The van der Waals surface area contributed by atoms with Crippen LogP contribution in [-0.2, 0) is 4.79 Å². The molecular formula is C17H19F3N2O2. The Kier molecular flexibility index (Phi) is 5.31. The van der Waals surface area contributed by atoms with Gasteiger partial charge in [-0.3, -0.25) is 9.59 Å². The average molecular weight is 340 g/mol. The molecule has 0 radical (unpaired) electrons. The van der Waals surface area contributed by atoms with E-state index in [1.807, 2.05) is 0 Å². The third-order valence-corrected chi connectivity index (χ3v) is 4.13. The van der Waals surface area contributed by atoms with Gasteiger partial charge in [-0.05, 0) is 42.5 Å². The maximum absolute atomic E-state index is 13.8. The van der Waals surface area contributed by atoms with E-state index in [0.29, 0.717) is 22.0 Å². The number of aromatic nitrogens is 1. The molecule has 0 saturated heterocycles. The van der Waals surface area contributed by atoms with Gasteiger partial charge >= 0.3 is 0 Å². The Balaban J connectivity index is 2.47. The monoisotopic (exact) mass is 340 g/mol. The number of hydrogen-bond donors (Lipinski definition) is 2. The summed E-state index contributed by atoms with van der Waals surface area (Å²) >= 11 is 0. The van der Waals surface area contributed by atoms with Crippen molar-refractivity contribution in [2.45, 2.75) is 39.0 Å². The van der Waals surface area contributed by atoms with E-state index in [1.165, 1.54) is 13.1 Å². The molecule has 7 heteroatoms. The molecule has 0 aliphatic heterocycles. The molecule has 0 spiro atoms. The third kappa shape index (κ3) is 3.44. The molecule has 2 N–H and O–H groups in total. The third-order valence-electron chi connectivity index (χ3n) is 4.13. The van der Waals surface area contributed by atoms with E-state index < -0.39 is 18.0 Å². The van der Waals surface area contributed by atoms with Crippen LogP contribution in [0.2, 0.25) is 0 Å². The van der Waals surface area contributed by atoms with Gasteiger partial charge < -0.3 is 10.3 Å². The number of carbonyl (C=O) groups excluding carboxylic acids is 2. The van der Waals surface area contributed by atoms with Gasteiger partial charge in [-0.15, -0.1) is 0 Å². The van der Waals surface area contributed by atoms with Crippen molar-refractivity contribution < 1.29 is 22.8 Å². The van der Waals surface area contributed by atoms with Gasteiger partial charge in [-0.1, -0.05) is 6.92 Å². The lowest BCUT2D eigenvalue weighted by Gasteiger charge is -2.13. The molecule has 1 amide bonds. The first-order chi connectivity index (χ1) is 11.3. The van der Waals surface area contributed by atoms with Gasteiger partial charge in [0.15, 0.2) is 5.78 Å². The van der Waals surface area contributed by atoms with Crippen LogP contribution in [0.5, 0.6) is 0 Å². The molecule has 4 nitrogen and oxygen atoms in total. The minimum absolute atomic E-state index is 0.177. The van der Waals surface area contributed by atoms with Crippen molar-refractivity contribution in [2.75, 3.05) is 7.05 Å². The van der Waals surface area contributed by atoms with Crippen molar-refractivity contribution in [2.24, 2.45) is 0 Å². The Bertz CT molecular complexity index is 784. The quantitative estimate of drug-likeness (QED) is 0.842. The number of nitrogens with one attached hydrogen (secondary N) is 2. The van der Waals surface area contributed by atoms with Crippen molar-refractivity contribution in [3.63, 3.8) is 0 Å². The normalized spacial score (nSPS) is 12.6. The fourth-order valence-corrected chi connectivity index (χ4v) is 2.77. The van der Waals surface area contributed by atoms with Crippen LogP contribution in [-0.4, -0.2) is 30.1 Å². The first-order valence-electron chi connectivity index (χ1n) is 7.60. The molecule has 1 aromatic carbocycles. The topological polar surface area (TPSA) is 62.0 Å². The van der Waals surface area contributed by atoms with E-state index in [1.54, 1.807) is 19.9 Å². The van der Waals surface area contributed by atoms with Gasteiger partial charge in [0.2, 0.25) is 0 Å². The van der Waals surface area contributed by atoms with E-state index in [-0.39, 0.29) is 30.4 Å². The van der Waals surface area contributed by atoms with Crippen LogP contribution in [0.25, 0.3) is 10.9 Å². The molecule has 1 atom stereocenters. The predicted molar refractivity (Wildman–Crippen MR) is 85.0 cm³/mol. The summed E-state index contributed by atoms with van der Waals surface area (Å²) in [5.74, 6) is -2.23. The van der Waals surface area contributed by atoms with Crippen LogP contribution in [0.15, 0.2) is 12.1 Å². The van der Waals surface area contributed by atoms with E-state index in [9.17, 15) is 22.8 Å². The maximum atomic E-state index is 13.8. The number of alkyl halides is 2. The summed E-state index contributed by atoms with van der Waals surface area (Å²) in [7, 11) is 1.47. The highest BCUT2D eigenvalue weighted by molar-refractivity contribution is 6.01. The van der Waals surface area contributed by atoms with Gasteiger partial charge in [0.05, 0.1) is 0 Å². The Morgan fingerprint density at radius 1 is 1.29 bits per heavy atom. The zero-order chi connectivity index (χ0) is 18.0. The zero-order valence-corrected chi connectivity index (χ0v) is 13.7. The predicted octanol–water partition coefficient (Wildman–Crippen LogP) is 3.69. The second-order valence-electron chi connectivity index (χ2n) is 5.85. The Morgan fingerprint density at radius 3 is 2.54 bits per heavy atom. The largest absolute Gasteiger partial charge is 0.354 e. The molecule has 0 aliphatic rings. The molecule has 0 saturated carbocycles. The lowest BCUT2D eigenvalue weighted by molar-refractivity contribution is -0.129. The van der Waals surface area contributed by atoms with Crippen LogP contribution in [0, 0.1) is 12.7 Å². The minimum Gasteiger partial charge on any atom is -0.354 e. The molecule has 0 unspecified atom stereocenters. The number of rotatable bonds is 6. The summed E-state index contributed by atoms with van der Waals surface area (Å²) in [6, 6.07) is 2.92. The number of aromatic amines is 1. The van der Waals surface area contributed by atoms with Crippen LogP contribution in [0.1, 0.15) is 47.3 Å². The second kappa shape index (κ2) is 7.07. The number of carbonyl (C=O) groups is 2. The molecule has 2 aromatic rings. The lowest BCUT2D eigenvalue weighted by atomic mass is 9.91. The Morgan fingerprint density at radius 2 is 1.96 bits per heavy atom. The summed E-state index contributed by atoms with van der Waals surface area (Å²) < 4.78 is 38.5. The molecule has 130 valence electrons. The molecular weight excluding hydrogens is 321 g/mol. The molecule has 1 heterocycles. The van der Waals surface area contributed by atoms with Crippen molar-refractivity contribution in [1.82, 2.24) is 10.3 Å². The fraction of sp³-hybridized carbons (Fsp3) is 0.412. The number of fused-ring (bicyclic) bond motifs is 1. The molecule has 0 aliphatic carbocycles. The molecule has 24 heavy (non-hydrogen) atoms. The van der Waals surface area contributed by atoms with Crippen LogP contribution in [0.3, 0.4) is 0 Å². The number of aryl methyl sites for hydroxylation is 1. The van der Waals surface area contributed by atoms with Gasteiger partial charge in [0.1, 0.15) is 11.5 Å². The van der Waals surface area contributed by atoms with Crippen LogP contribution < -0.4 is 5.32 Å². The first kappa shape index (κ1) is 18.0. The summed E-state index contributed by atoms with van der Waals surface area (Å²) in [6.07, 6.45) is -3.09. The number of halogens is 3. The SMILES string of the molecule is CNC(=O)c1[nH]c2cc(F)c(C)cc2c1[C@H](C)CCC(=O)C(F)F. The summed E-state index contributed by atoms with van der Waals surface area (Å²) in [5, 5.41) is 3.16. The lowest BCUT2D eigenvalue weighted by Crippen LogP contribution is -2.20. The Hall–Kier alpha value is -2.31. The number of amides is 1. The highest BCUT2D eigenvalue weighted by Crippen LogP contribution is 2.33. The number of hydrogen-bond acceptors (Lipinski definition) is 2. The zero-order valence-electron chi connectivity index (χ0n) is 13.7. The van der Waals surface area contributed by atoms with Gasteiger partial charge in [-0.25, -0.2) is 13.2 Å². The standard InChI is InChI=1S/C17H19F3N2O2/c1-8(4-5-13(23)16(19)20)14-10-6-9(2)11(18)7-12(10)22-15(14)17(24)21-3/h6-8,16,22H,4-5H2,1-3H3,(H,21,24)/t8-/m1/s1. The van der Waals surface area contributed by atoms with Crippen LogP contribution in [0.4, 0.5) is 13.2 Å². The van der Waals surface area contributed by atoms with E-state index in [2.05, 4.69) is 10.3 Å². The fourth-order valence-electron chi connectivity index (χ4n) is 2.77. The Labute approximate surface area is 137 Å². The van der Waals surface area contributed by atoms with Gasteiger partial charge in [0, 0.05) is 24.4 Å². The van der Waals surface area contributed by atoms with E-state index in [4.69, 9.17) is 0 Å². The number of Topliss-reactive ketones (excluding diaryl/α,β-unsaturated/α-hetero) is 1. The molecule has 0 fully saturated rings. The van der Waals surface area contributed by atoms with E-state index in [0.717, 1.165) is 0 Å². The number of benzene rings is 1. The smallest absolute Gasteiger partial charge is 0.295 e. The van der Waals surface area contributed by atoms with Crippen molar-refractivity contribution in [1.29, 1.82) is 0 Å². The first-order valence-corrected chi connectivity index (χ1v) is 7.60. The summed E-state index contributed by atoms with van der Waals surface area (Å²) in [6.45, 7) is 3.36. The highest BCUT2D eigenvalue weighted by Gasteiger charge is 2.24. The van der Waals surface area contributed by atoms with Gasteiger partial charge in [0.25, 0.3) is 12.3 Å². The van der Waals surface area contributed by atoms with Crippen molar-refractivity contribution in [3.8, 4) is 0 Å². The summed E-state index contributed by atoms with van der Waals surface area (Å²) in [5.41, 5.74) is 1.74. The maximum Gasteiger partial charge on any atom is 0.295 e. The second-order valence-corrected chi connectivity index (χ2v) is 5.85. The molecule has 2 rings (SSSR count). The minimum atomic E-state index is -2.99.